The van der Waals surface area contributed by atoms with E-state index >= 15 is 0 Å². The number of nitrogens with zero attached hydrogens (tertiary/aromatic N) is 1. The number of rotatable bonds is 3. The third-order valence-corrected chi connectivity index (χ3v) is 3.34. The zero-order valence-corrected chi connectivity index (χ0v) is 10.7. The van der Waals surface area contributed by atoms with E-state index in [4.69, 9.17) is 0 Å². The highest BCUT2D eigenvalue weighted by atomic mass is 16.2. The lowest BCUT2D eigenvalue weighted by Crippen LogP contribution is -2.25. The van der Waals surface area contributed by atoms with Crippen molar-refractivity contribution in [1.29, 1.82) is 0 Å². The summed E-state index contributed by atoms with van der Waals surface area (Å²) in [5, 5.41) is 5.92. The number of amides is 1. The maximum absolute atomic E-state index is 11.7. The lowest BCUT2D eigenvalue weighted by Gasteiger charge is -2.24. The van der Waals surface area contributed by atoms with Gasteiger partial charge in [0, 0.05) is 30.0 Å². The molecule has 0 spiro atoms. The summed E-state index contributed by atoms with van der Waals surface area (Å²) in [6.07, 6.45) is 0. The van der Waals surface area contributed by atoms with Gasteiger partial charge in [-0.3, -0.25) is 4.79 Å². The van der Waals surface area contributed by atoms with E-state index < -0.39 is 0 Å². The Labute approximate surface area is 102 Å². The number of fused-ring (bicyclic) bond motifs is 1. The molecule has 1 aromatic carbocycles. The van der Waals surface area contributed by atoms with Crippen LogP contribution in [0.1, 0.15) is 25.5 Å². The van der Waals surface area contributed by atoms with E-state index in [1.807, 2.05) is 12.1 Å². The van der Waals surface area contributed by atoms with Gasteiger partial charge in [0.15, 0.2) is 0 Å². The third-order valence-electron chi connectivity index (χ3n) is 3.34. The van der Waals surface area contributed by atoms with E-state index in [9.17, 15) is 4.79 Å². The first-order chi connectivity index (χ1) is 8.04. The normalized spacial score (nSPS) is 18.2. The largest absolute Gasteiger partial charge is 0.372 e. The molecule has 17 heavy (non-hydrogen) atoms. The Hall–Kier alpha value is -1.55. The Morgan fingerprint density at radius 3 is 2.71 bits per heavy atom. The number of hydrogen-bond acceptors (Lipinski definition) is 3. The third kappa shape index (κ3) is 2.00. The van der Waals surface area contributed by atoms with Gasteiger partial charge in [-0.05, 0) is 33.0 Å². The zero-order chi connectivity index (χ0) is 12.6. The Morgan fingerprint density at radius 1 is 1.41 bits per heavy atom. The van der Waals surface area contributed by atoms with Gasteiger partial charge in [-0.1, -0.05) is 6.07 Å². The summed E-state index contributed by atoms with van der Waals surface area (Å²) in [5.74, 6) is 0.0202. The van der Waals surface area contributed by atoms with Crippen molar-refractivity contribution in [1.82, 2.24) is 5.32 Å². The van der Waals surface area contributed by atoms with Gasteiger partial charge in [-0.25, -0.2) is 0 Å². The highest BCUT2D eigenvalue weighted by Crippen LogP contribution is 2.33. The number of carbonyl (C=O) groups excluding carboxylic acids is 1. The molecule has 0 radical (unpaired) electrons. The van der Waals surface area contributed by atoms with Crippen molar-refractivity contribution in [2.24, 2.45) is 0 Å². The summed E-state index contributed by atoms with van der Waals surface area (Å²) in [4.78, 5) is 13.9. The molecule has 0 aliphatic carbocycles. The van der Waals surface area contributed by atoms with E-state index in [0.29, 0.717) is 6.04 Å². The number of anilines is 2. The second-order valence-corrected chi connectivity index (χ2v) is 4.69. The lowest BCUT2D eigenvalue weighted by molar-refractivity contribution is -0.117. The van der Waals surface area contributed by atoms with Crippen molar-refractivity contribution in [2.75, 3.05) is 24.3 Å². The van der Waals surface area contributed by atoms with Crippen LogP contribution < -0.4 is 15.5 Å². The molecule has 2 N–H and O–H groups in total. The number of hydrogen-bond donors (Lipinski definition) is 2. The summed E-state index contributed by atoms with van der Waals surface area (Å²) in [6, 6.07) is 6.32. The molecule has 1 aromatic rings. The van der Waals surface area contributed by atoms with Crippen LogP contribution in [-0.4, -0.2) is 26.0 Å². The van der Waals surface area contributed by atoms with Crippen molar-refractivity contribution in [2.45, 2.75) is 25.9 Å². The highest BCUT2D eigenvalue weighted by molar-refractivity contribution is 6.03. The molecule has 1 amide bonds. The summed E-state index contributed by atoms with van der Waals surface area (Å²) in [6.45, 7) is 4.28. The lowest BCUT2D eigenvalue weighted by atomic mass is 10.1. The number of carbonyl (C=O) groups is 1. The van der Waals surface area contributed by atoms with E-state index in [0.717, 1.165) is 16.9 Å². The SMILES string of the molecule is CNC1C(=O)Nc2cc(N(C)C(C)C)ccc21. The van der Waals surface area contributed by atoms with Crippen LogP contribution >= 0.6 is 0 Å². The van der Waals surface area contributed by atoms with Gasteiger partial charge in [0.2, 0.25) is 5.91 Å². The molecule has 92 valence electrons. The molecule has 0 bridgehead atoms. The molecule has 2 rings (SSSR count). The van der Waals surface area contributed by atoms with Gasteiger partial charge < -0.3 is 15.5 Å². The minimum atomic E-state index is -0.219. The van der Waals surface area contributed by atoms with E-state index in [1.54, 1.807) is 7.05 Å². The van der Waals surface area contributed by atoms with Crippen LogP contribution in [0.3, 0.4) is 0 Å². The van der Waals surface area contributed by atoms with Crippen LogP contribution in [0.2, 0.25) is 0 Å². The van der Waals surface area contributed by atoms with E-state index in [1.165, 1.54) is 0 Å². The molecule has 1 unspecified atom stereocenters. The number of likely N-dealkylation sites (N-methyl/N-ethyl adjacent to an activating group) is 1. The van der Waals surface area contributed by atoms with Gasteiger partial charge in [0.25, 0.3) is 0 Å². The maximum Gasteiger partial charge on any atom is 0.246 e. The number of nitrogens with one attached hydrogen (secondary N) is 2. The van der Waals surface area contributed by atoms with Crippen LogP contribution in [-0.2, 0) is 4.79 Å². The van der Waals surface area contributed by atoms with Crippen molar-refractivity contribution in [3.63, 3.8) is 0 Å². The van der Waals surface area contributed by atoms with Crippen molar-refractivity contribution < 1.29 is 4.79 Å². The van der Waals surface area contributed by atoms with Crippen LogP contribution in [0.4, 0.5) is 11.4 Å². The molecule has 1 aliphatic rings. The standard InChI is InChI=1S/C13H19N3O/c1-8(2)16(4)9-5-6-10-11(7-9)15-13(17)12(10)14-3/h5-8,12,14H,1-4H3,(H,15,17). The Bertz CT molecular complexity index is 442. The first-order valence-electron chi connectivity index (χ1n) is 5.89. The monoisotopic (exact) mass is 233 g/mol. The maximum atomic E-state index is 11.7. The molecule has 0 fully saturated rings. The molecule has 0 aromatic heterocycles. The Kier molecular flexibility index (Phi) is 3.07. The minimum Gasteiger partial charge on any atom is -0.372 e. The fraction of sp³-hybridized carbons (Fsp3) is 0.462. The van der Waals surface area contributed by atoms with Crippen molar-refractivity contribution in [3.05, 3.63) is 23.8 Å². The van der Waals surface area contributed by atoms with Gasteiger partial charge in [-0.15, -0.1) is 0 Å². The first-order valence-corrected chi connectivity index (χ1v) is 5.89. The summed E-state index contributed by atoms with van der Waals surface area (Å²) < 4.78 is 0. The van der Waals surface area contributed by atoms with Crippen LogP contribution in [0, 0.1) is 0 Å². The summed E-state index contributed by atoms with van der Waals surface area (Å²) in [7, 11) is 3.85. The number of benzene rings is 1. The Morgan fingerprint density at radius 2 is 2.12 bits per heavy atom. The van der Waals surface area contributed by atoms with E-state index in [-0.39, 0.29) is 11.9 Å². The van der Waals surface area contributed by atoms with Crippen molar-refractivity contribution >= 4 is 17.3 Å². The van der Waals surface area contributed by atoms with E-state index in [2.05, 4.69) is 42.5 Å². The van der Waals surface area contributed by atoms with Crippen LogP contribution in [0.25, 0.3) is 0 Å². The predicted molar refractivity (Wildman–Crippen MR) is 70.4 cm³/mol. The van der Waals surface area contributed by atoms with Gasteiger partial charge in [0.1, 0.15) is 6.04 Å². The average Bonchev–Trinajstić information content (AvgIpc) is 2.61. The van der Waals surface area contributed by atoms with Gasteiger partial charge in [0.05, 0.1) is 0 Å². The van der Waals surface area contributed by atoms with Crippen LogP contribution in [0.5, 0.6) is 0 Å². The second kappa shape index (κ2) is 4.37. The van der Waals surface area contributed by atoms with Crippen molar-refractivity contribution in [3.8, 4) is 0 Å². The summed E-state index contributed by atoms with van der Waals surface area (Å²) >= 11 is 0. The smallest absolute Gasteiger partial charge is 0.246 e. The molecular formula is C13H19N3O. The second-order valence-electron chi connectivity index (χ2n) is 4.69. The first kappa shape index (κ1) is 11.9. The fourth-order valence-corrected chi connectivity index (χ4v) is 2.05. The molecule has 1 heterocycles. The van der Waals surface area contributed by atoms with Gasteiger partial charge >= 0.3 is 0 Å². The molecular weight excluding hydrogens is 214 g/mol. The van der Waals surface area contributed by atoms with Crippen LogP contribution in [0.15, 0.2) is 18.2 Å². The quantitative estimate of drug-likeness (QED) is 0.836. The van der Waals surface area contributed by atoms with Gasteiger partial charge in [-0.2, -0.15) is 0 Å². The fourth-order valence-electron chi connectivity index (χ4n) is 2.05. The average molecular weight is 233 g/mol. The topological polar surface area (TPSA) is 44.4 Å². The minimum absolute atomic E-state index is 0.0202. The molecule has 4 nitrogen and oxygen atoms in total. The highest BCUT2D eigenvalue weighted by Gasteiger charge is 2.29. The molecule has 4 heteroatoms. The summed E-state index contributed by atoms with van der Waals surface area (Å²) in [5.41, 5.74) is 3.06. The molecule has 1 atom stereocenters. The molecule has 1 aliphatic heterocycles. The molecule has 0 saturated heterocycles. The Balaban J connectivity index is 2.34. The predicted octanol–water partition coefficient (Wildman–Crippen LogP) is 1.74. The molecule has 0 saturated carbocycles. The zero-order valence-electron chi connectivity index (χ0n) is 10.7.